The summed E-state index contributed by atoms with van der Waals surface area (Å²) in [4.78, 5) is 24.8. The fraction of sp³-hybridized carbons (Fsp3) is 0.176. The van der Waals surface area contributed by atoms with Gasteiger partial charge in [0.2, 0.25) is 0 Å². The predicted octanol–water partition coefficient (Wildman–Crippen LogP) is 1.58. The van der Waals surface area contributed by atoms with E-state index in [9.17, 15) is 9.59 Å². The Bertz CT molecular complexity index is 705. The van der Waals surface area contributed by atoms with Crippen molar-refractivity contribution in [1.29, 1.82) is 0 Å². The van der Waals surface area contributed by atoms with Crippen molar-refractivity contribution < 1.29 is 14.5 Å². The Labute approximate surface area is 154 Å². The molecule has 24 heavy (non-hydrogen) atoms. The molecule has 1 unspecified atom stereocenters. The quantitative estimate of drug-likeness (QED) is 0.654. The molecule has 2 aromatic carbocycles. The highest BCUT2D eigenvalue weighted by Gasteiger charge is 2.12. The topological polar surface area (TPSA) is 62.6 Å². The van der Waals surface area contributed by atoms with Gasteiger partial charge in [-0.1, -0.05) is 39.7 Å². The fourth-order valence-electron chi connectivity index (χ4n) is 2.13. The average molecular weight is 412 g/mol. The Kier molecular flexibility index (Phi) is 6.78. The van der Waals surface area contributed by atoms with Gasteiger partial charge in [0.15, 0.2) is 6.54 Å². The van der Waals surface area contributed by atoms with Gasteiger partial charge in [-0.3, -0.25) is 20.4 Å². The molecule has 3 N–H and O–H groups in total. The van der Waals surface area contributed by atoms with Crippen LogP contribution in [0.3, 0.4) is 0 Å². The smallest absolute Gasteiger partial charge is 0.293 e. The number of nitrogens with one attached hydrogen (secondary N) is 3. The summed E-state index contributed by atoms with van der Waals surface area (Å²) in [5.41, 5.74) is 6.37. The van der Waals surface area contributed by atoms with Crippen molar-refractivity contribution in [3.05, 3.63) is 69.2 Å². The van der Waals surface area contributed by atoms with E-state index in [2.05, 4.69) is 26.8 Å². The van der Waals surface area contributed by atoms with Crippen LogP contribution in [0.15, 0.2) is 53.0 Å². The summed E-state index contributed by atoms with van der Waals surface area (Å²) in [6.45, 7) is 0.961. The minimum atomic E-state index is -0.384. The highest BCUT2D eigenvalue weighted by Crippen LogP contribution is 2.10. The Morgan fingerprint density at radius 1 is 1.04 bits per heavy atom. The second kappa shape index (κ2) is 8.82. The van der Waals surface area contributed by atoms with Gasteiger partial charge in [0.1, 0.15) is 6.54 Å². The fourth-order valence-corrected chi connectivity index (χ4v) is 2.52. The number of hydrogen-bond donors (Lipinski definition) is 3. The van der Waals surface area contributed by atoms with Crippen LogP contribution in [0.25, 0.3) is 0 Å². The minimum Gasteiger partial charge on any atom is -0.326 e. The highest BCUT2D eigenvalue weighted by atomic mass is 79.9. The summed E-state index contributed by atoms with van der Waals surface area (Å²) >= 11 is 9.16. The highest BCUT2D eigenvalue weighted by molar-refractivity contribution is 9.10. The molecule has 2 rings (SSSR count). The van der Waals surface area contributed by atoms with Crippen molar-refractivity contribution in [2.24, 2.45) is 0 Å². The maximum absolute atomic E-state index is 11.9. The molecule has 0 saturated heterocycles. The van der Waals surface area contributed by atoms with Crippen molar-refractivity contribution in [2.45, 2.75) is 6.54 Å². The number of quaternary nitrogens is 1. The lowest BCUT2D eigenvalue weighted by molar-refractivity contribution is -0.885. The molecular weight excluding hydrogens is 394 g/mol. The number of hydrogen-bond acceptors (Lipinski definition) is 2. The van der Waals surface area contributed by atoms with Gasteiger partial charge in [0.05, 0.1) is 7.05 Å². The molecule has 1 atom stereocenters. The zero-order valence-electron chi connectivity index (χ0n) is 13.1. The molecule has 5 nitrogen and oxygen atoms in total. The van der Waals surface area contributed by atoms with Crippen molar-refractivity contribution in [3.63, 3.8) is 0 Å². The molecule has 0 heterocycles. The van der Waals surface area contributed by atoms with E-state index in [-0.39, 0.29) is 18.4 Å². The second-order valence-electron chi connectivity index (χ2n) is 5.45. The summed E-state index contributed by atoms with van der Waals surface area (Å²) < 4.78 is 1.02. The monoisotopic (exact) mass is 410 g/mol. The van der Waals surface area contributed by atoms with Crippen LogP contribution in [-0.2, 0) is 11.3 Å². The number of carbonyl (C=O) groups is 2. The molecule has 0 saturated carbocycles. The Morgan fingerprint density at radius 2 is 1.67 bits per heavy atom. The van der Waals surface area contributed by atoms with E-state index >= 15 is 0 Å². The lowest BCUT2D eigenvalue weighted by Crippen LogP contribution is -3.09. The molecule has 126 valence electrons. The van der Waals surface area contributed by atoms with E-state index in [0.29, 0.717) is 17.1 Å². The molecule has 0 spiro atoms. The Balaban J connectivity index is 1.77. The predicted molar refractivity (Wildman–Crippen MR) is 96.7 cm³/mol. The molecule has 2 aromatic rings. The second-order valence-corrected chi connectivity index (χ2v) is 6.80. The first-order valence-corrected chi connectivity index (χ1v) is 8.51. The van der Waals surface area contributed by atoms with Crippen LogP contribution in [0.5, 0.6) is 0 Å². The molecule has 0 bridgehead atoms. The largest absolute Gasteiger partial charge is 0.326 e. The molecule has 7 heteroatoms. The van der Waals surface area contributed by atoms with E-state index in [4.69, 9.17) is 11.6 Å². The lowest BCUT2D eigenvalue weighted by Gasteiger charge is -2.14. The van der Waals surface area contributed by atoms with Crippen molar-refractivity contribution in [3.8, 4) is 0 Å². The Morgan fingerprint density at radius 3 is 2.29 bits per heavy atom. The van der Waals surface area contributed by atoms with E-state index in [1.807, 2.05) is 31.3 Å². The van der Waals surface area contributed by atoms with Crippen molar-refractivity contribution in [2.75, 3.05) is 13.6 Å². The van der Waals surface area contributed by atoms with Gasteiger partial charge in [0.25, 0.3) is 11.8 Å². The zero-order chi connectivity index (χ0) is 17.5. The van der Waals surface area contributed by atoms with E-state index in [0.717, 1.165) is 14.9 Å². The first kappa shape index (κ1) is 18.4. The summed E-state index contributed by atoms with van der Waals surface area (Å²) in [6.07, 6.45) is 0. The van der Waals surface area contributed by atoms with E-state index < -0.39 is 0 Å². The van der Waals surface area contributed by atoms with E-state index in [1.165, 1.54) is 0 Å². The molecule has 0 aromatic heterocycles. The average Bonchev–Trinajstić information content (AvgIpc) is 2.55. The third kappa shape index (κ3) is 5.96. The van der Waals surface area contributed by atoms with Crippen LogP contribution in [0.4, 0.5) is 0 Å². The number of amides is 2. The molecule has 0 aliphatic rings. The summed E-state index contributed by atoms with van der Waals surface area (Å²) in [5, 5.41) is 0.550. The van der Waals surface area contributed by atoms with Gasteiger partial charge < -0.3 is 4.90 Å². The number of rotatable bonds is 5. The lowest BCUT2D eigenvalue weighted by atomic mass is 10.2. The van der Waals surface area contributed by atoms with E-state index in [1.54, 1.807) is 24.3 Å². The van der Waals surface area contributed by atoms with Crippen LogP contribution >= 0.6 is 27.5 Å². The first-order valence-electron chi connectivity index (χ1n) is 7.34. The van der Waals surface area contributed by atoms with Crippen LogP contribution in [0.1, 0.15) is 15.9 Å². The van der Waals surface area contributed by atoms with Gasteiger partial charge in [-0.2, -0.15) is 0 Å². The van der Waals surface area contributed by atoms with Gasteiger partial charge >= 0.3 is 0 Å². The zero-order valence-corrected chi connectivity index (χ0v) is 15.4. The van der Waals surface area contributed by atoms with Crippen LogP contribution < -0.4 is 15.8 Å². The third-order valence-corrected chi connectivity index (χ3v) is 4.08. The van der Waals surface area contributed by atoms with Crippen molar-refractivity contribution >= 4 is 39.3 Å². The van der Waals surface area contributed by atoms with Crippen LogP contribution in [0.2, 0.25) is 5.02 Å². The SMILES string of the molecule is C[NH+](CC(=O)NNC(=O)c1ccc(Cl)cc1)Cc1ccc(Br)cc1. The molecule has 0 aliphatic heterocycles. The van der Waals surface area contributed by atoms with Gasteiger partial charge in [-0.05, 0) is 36.4 Å². The van der Waals surface area contributed by atoms with Crippen LogP contribution in [0, 0.1) is 0 Å². The molecule has 0 radical (unpaired) electrons. The summed E-state index contributed by atoms with van der Waals surface area (Å²) in [6, 6.07) is 14.4. The van der Waals surface area contributed by atoms with Gasteiger partial charge in [0, 0.05) is 20.6 Å². The number of likely N-dealkylation sites (N-methyl/N-ethyl adjacent to an activating group) is 1. The molecule has 0 fully saturated rings. The third-order valence-electron chi connectivity index (χ3n) is 3.30. The molecular formula is C17H18BrClN3O2+. The number of hydrazine groups is 1. The number of carbonyl (C=O) groups excluding carboxylic acids is 2. The Hall–Kier alpha value is -1.89. The first-order chi connectivity index (χ1) is 11.4. The molecule has 0 aliphatic carbocycles. The normalized spacial score (nSPS) is 11.6. The summed E-state index contributed by atoms with van der Waals surface area (Å²) in [5.74, 6) is -0.641. The standard InChI is InChI=1S/C17H17BrClN3O2/c1-22(10-12-2-6-14(18)7-3-12)11-16(23)20-21-17(24)13-4-8-15(19)9-5-13/h2-9H,10-11H2,1H3,(H,20,23)(H,21,24)/p+1. The van der Waals surface area contributed by atoms with Crippen molar-refractivity contribution in [1.82, 2.24) is 10.9 Å². The minimum absolute atomic E-state index is 0.247. The maximum atomic E-state index is 11.9. The van der Waals surface area contributed by atoms with Gasteiger partial charge in [-0.25, -0.2) is 0 Å². The number of halogens is 2. The van der Waals surface area contributed by atoms with Gasteiger partial charge in [-0.15, -0.1) is 0 Å². The summed E-state index contributed by atoms with van der Waals surface area (Å²) in [7, 11) is 1.92. The number of benzene rings is 2. The van der Waals surface area contributed by atoms with Crippen LogP contribution in [-0.4, -0.2) is 25.4 Å². The maximum Gasteiger partial charge on any atom is 0.293 e. The molecule has 2 amide bonds.